The largest absolute Gasteiger partial charge is 0.342 e. The van der Waals surface area contributed by atoms with Crippen LogP contribution in [0.4, 0.5) is 8.78 Å². The number of carbonyl (C=O) groups is 1. The second-order valence-electron chi connectivity index (χ2n) is 7.37. The van der Waals surface area contributed by atoms with Crippen molar-refractivity contribution in [2.45, 2.75) is 31.6 Å². The zero-order valence-corrected chi connectivity index (χ0v) is 13.2. The molecule has 23 heavy (non-hydrogen) atoms. The highest BCUT2D eigenvalue weighted by molar-refractivity contribution is 5.83. The molecule has 0 bridgehead atoms. The van der Waals surface area contributed by atoms with Gasteiger partial charge in [-0.25, -0.2) is 8.78 Å². The zero-order valence-electron chi connectivity index (χ0n) is 13.2. The third kappa shape index (κ3) is 2.75. The van der Waals surface area contributed by atoms with E-state index in [-0.39, 0.29) is 17.7 Å². The van der Waals surface area contributed by atoms with Gasteiger partial charge in [-0.2, -0.15) is 0 Å². The first-order valence-electron chi connectivity index (χ1n) is 8.52. The van der Waals surface area contributed by atoms with Gasteiger partial charge in [-0.15, -0.1) is 0 Å². The number of hydrogen-bond donors (Lipinski definition) is 1. The van der Waals surface area contributed by atoms with Crippen LogP contribution in [0, 0.1) is 23.0 Å². The van der Waals surface area contributed by atoms with E-state index in [9.17, 15) is 13.6 Å². The minimum atomic E-state index is -0.830. The lowest BCUT2D eigenvalue weighted by Crippen LogP contribution is -2.44. The Morgan fingerprint density at radius 3 is 2.61 bits per heavy atom. The third-order valence-electron chi connectivity index (χ3n) is 5.95. The van der Waals surface area contributed by atoms with Gasteiger partial charge in [0.2, 0.25) is 5.91 Å². The van der Waals surface area contributed by atoms with Crippen LogP contribution in [0.15, 0.2) is 18.2 Å². The Bertz CT molecular complexity index is 617. The van der Waals surface area contributed by atoms with Gasteiger partial charge in [0, 0.05) is 25.6 Å². The lowest BCUT2D eigenvalue weighted by Gasteiger charge is -2.39. The molecule has 0 aromatic heterocycles. The molecule has 1 N–H and O–H groups in total. The van der Waals surface area contributed by atoms with Crippen molar-refractivity contribution in [3.63, 3.8) is 0 Å². The summed E-state index contributed by atoms with van der Waals surface area (Å²) in [5.74, 6) is -1.45. The standard InChI is InChI=1S/C18H22F2N2O/c19-15-2-1-12(9-16(15)20)13-10-14(13)17(23)22-7-4-18(5-8-22)3-6-21-11-18/h1-2,9,13-14,21H,3-8,10-11H2. The molecule has 4 rings (SSSR count). The fourth-order valence-corrected chi connectivity index (χ4v) is 4.24. The van der Waals surface area contributed by atoms with E-state index >= 15 is 0 Å². The van der Waals surface area contributed by atoms with Crippen molar-refractivity contribution < 1.29 is 13.6 Å². The van der Waals surface area contributed by atoms with Crippen LogP contribution in [0.25, 0.3) is 0 Å². The van der Waals surface area contributed by atoms with Crippen LogP contribution < -0.4 is 5.32 Å². The summed E-state index contributed by atoms with van der Waals surface area (Å²) >= 11 is 0. The molecule has 1 aliphatic carbocycles. The summed E-state index contributed by atoms with van der Waals surface area (Å²) in [7, 11) is 0. The quantitative estimate of drug-likeness (QED) is 0.909. The molecule has 124 valence electrons. The molecule has 1 saturated carbocycles. The van der Waals surface area contributed by atoms with Gasteiger partial charge in [0.25, 0.3) is 0 Å². The lowest BCUT2D eigenvalue weighted by atomic mass is 9.78. The number of benzene rings is 1. The molecule has 2 saturated heterocycles. The predicted octanol–water partition coefficient (Wildman–Crippen LogP) is 2.67. The Morgan fingerprint density at radius 1 is 1.17 bits per heavy atom. The highest BCUT2D eigenvalue weighted by Crippen LogP contribution is 2.49. The van der Waals surface area contributed by atoms with Crippen LogP contribution in [-0.2, 0) is 4.79 Å². The number of nitrogens with one attached hydrogen (secondary N) is 1. The second kappa shape index (κ2) is 5.55. The lowest BCUT2D eigenvalue weighted by molar-refractivity contribution is -0.134. The van der Waals surface area contributed by atoms with Crippen LogP contribution in [0.1, 0.15) is 37.2 Å². The van der Waals surface area contributed by atoms with Crippen molar-refractivity contribution in [2.75, 3.05) is 26.2 Å². The fourth-order valence-electron chi connectivity index (χ4n) is 4.24. The molecule has 3 nitrogen and oxygen atoms in total. The van der Waals surface area contributed by atoms with Crippen molar-refractivity contribution in [3.05, 3.63) is 35.4 Å². The molecule has 1 aromatic rings. The van der Waals surface area contributed by atoms with Crippen LogP contribution in [0.2, 0.25) is 0 Å². The smallest absolute Gasteiger partial charge is 0.226 e. The predicted molar refractivity (Wildman–Crippen MR) is 82.9 cm³/mol. The Balaban J connectivity index is 1.37. The van der Waals surface area contributed by atoms with Gasteiger partial charge in [-0.05, 0) is 61.3 Å². The summed E-state index contributed by atoms with van der Waals surface area (Å²) in [5, 5.41) is 3.43. The number of nitrogens with zero attached hydrogens (tertiary/aromatic N) is 1. The van der Waals surface area contributed by atoms with Gasteiger partial charge in [-0.3, -0.25) is 4.79 Å². The second-order valence-corrected chi connectivity index (χ2v) is 7.37. The molecule has 3 fully saturated rings. The van der Waals surface area contributed by atoms with E-state index in [0.717, 1.165) is 57.1 Å². The van der Waals surface area contributed by atoms with Crippen molar-refractivity contribution in [2.24, 2.45) is 11.3 Å². The first kappa shape index (κ1) is 15.1. The number of piperidine rings is 1. The molecule has 0 radical (unpaired) electrons. The summed E-state index contributed by atoms with van der Waals surface area (Å²) in [6.07, 6.45) is 4.13. The topological polar surface area (TPSA) is 32.3 Å². The average Bonchev–Trinajstić information content (AvgIpc) is 3.24. The molecule has 1 amide bonds. The molecule has 2 heterocycles. The van der Waals surface area contributed by atoms with Crippen molar-refractivity contribution in [1.82, 2.24) is 10.2 Å². The molecular formula is C18H22F2N2O. The van der Waals surface area contributed by atoms with E-state index in [2.05, 4.69) is 5.32 Å². The molecule has 2 unspecified atom stereocenters. The molecule has 1 aromatic carbocycles. The number of carbonyl (C=O) groups excluding carboxylic acids is 1. The summed E-state index contributed by atoms with van der Waals surface area (Å²) in [6.45, 7) is 3.84. The van der Waals surface area contributed by atoms with Crippen LogP contribution >= 0.6 is 0 Å². The molecule has 2 atom stereocenters. The van der Waals surface area contributed by atoms with Gasteiger partial charge >= 0.3 is 0 Å². The van der Waals surface area contributed by atoms with Gasteiger partial charge in [0.15, 0.2) is 11.6 Å². The van der Waals surface area contributed by atoms with Crippen LogP contribution in [-0.4, -0.2) is 37.0 Å². The molecular weight excluding hydrogens is 298 g/mol. The van der Waals surface area contributed by atoms with E-state index in [1.807, 2.05) is 4.90 Å². The number of likely N-dealkylation sites (tertiary alicyclic amines) is 1. The number of hydrogen-bond acceptors (Lipinski definition) is 2. The SMILES string of the molecule is O=C(C1CC1c1ccc(F)c(F)c1)N1CCC2(CCNC2)CC1. The minimum absolute atomic E-state index is 0.0457. The van der Waals surface area contributed by atoms with E-state index < -0.39 is 11.6 Å². The summed E-state index contributed by atoms with van der Waals surface area (Å²) in [4.78, 5) is 14.6. The molecule has 1 spiro atoms. The fraction of sp³-hybridized carbons (Fsp3) is 0.611. The van der Waals surface area contributed by atoms with E-state index in [0.29, 0.717) is 5.41 Å². The number of amides is 1. The van der Waals surface area contributed by atoms with Crippen LogP contribution in [0.3, 0.4) is 0 Å². The summed E-state index contributed by atoms with van der Waals surface area (Å²) < 4.78 is 26.4. The summed E-state index contributed by atoms with van der Waals surface area (Å²) in [6, 6.07) is 4.00. The Hall–Kier alpha value is -1.49. The number of halogens is 2. The maximum atomic E-state index is 13.3. The maximum absolute atomic E-state index is 13.3. The highest BCUT2D eigenvalue weighted by atomic mass is 19.2. The first-order valence-corrected chi connectivity index (χ1v) is 8.52. The van der Waals surface area contributed by atoms with Gasteiger partial charge in [0.05, 0.1) is 0 Å². The zero-order chi connectivity index (χ0) is 16.0. The van der Waals surface area contributed by atoms with Gasteiger partial charge < -0.3 is 10.2 Å². The van der Waals surface area contributed by atoms with Crippen molar-refractivity contribution in [1.29, 1.82) is 0 Å². The van der Waals surface area contributed by atoms with E-state index in [4.69, 9.17) is 0 Å². The summed E-state index contributed by atoms with van der Waals surface area (Å²) in [5.41, 5.74) is 1.15. The average molecular weight is 320 g/mol. The Morgan fingerprint density at radius 2 is 1.96 bits per heavy atom. The van der Waals surface area contributed by atoms with Crippen molar-refractivity contribution in [3.8, 4) is 0 Å². The molecule has 3 aliphatic rings. The molecule has 2 aliphatic heterocycles. The minimum Gasteiger partial charge on any atom is -0.342 e. The Labute approximate surface area is 135 Å². The van der Waals surface area contributed by atoms with Gasteiger partial charge in [-0.1, -0.05) is 6.07 Å². The van der Waals surface area contributed by atoms with Crippen molar-refractivity contribution >= 4 is 5.91 Å². The maximum Gasteiger partial charge on any atom is 0.226 e. The van der Waals surface area contributed by atoms with Gasteiger partial charge in [0.1, 0.15) is 0 Å². The number of rotatable bonds is 2. The first-order chi connectivity index (χ1) is 11.1. The normalized spacial score (nSPS) is 29.0. The molecule has 5 heteroatoms. The van der Waals surface area contributed by atoms with E-state index in [1.165, 1.54) is 12.5 Å². The highest BCUT2D eigenvalue weighted by Gasteiger charge is 2.47. The van der Waals surface area contributed by atoms with Crippen LogP contribution in [0.5, 0.6) is 0 Å². The third-order valence-corrected chi connectivity index (χ3v) is 5.95. The Kier molecular flexibility index (Phi) is 3.63. The van der Waals surface area contributed by atoms with E-state index in [1.54, 1.807) is 6.07 Å². The monoisotopic (exact) mass is 320 g/mol.